The summed E-state index contributed by atoms with van der Waals surface area (Å²) in [5.74, 6) is -0.193. The van der Waals surface area contributed by atoms with Crippen LogP contribution in [0.2, 0.25) is 0 Å². The molecule has 1 aliphatic carbocycles. The van der Waals surface area contributed by atoms with Gasteiger partial charge in [-0.05, 0) is 31.0 Å². The van der Waals surface area contributed by atoms with Crippen LogP contribution in [0.5, 0.6) is 11.5 Å². The molecule has 6 nitrogen and oxygen atoms in total. The Morgan fingerprint density at radius 2 is 2.05 bits per heavy atom. The maximum atomic E-state index is 9.62. The molecule has 0 amide bonds. The van der Waals surface area contributed by atoms with Gasteiger partial charge < -0.3 is 10.2 Å². The van der Waals surface area contributed by atoms with Crippen LogP contribution in [0.4, 0.5) is 0 Å². The second-order valence-corrected chi connectivity index (χ2v) is 6.58. The molecule has 2 aliphatic heterocycles. The molecule has 1 saturated carbocycles. The Morgan fingerprint density at radius 1 is 1.15 bits per heavy atom. The number of aromatic hydroxyl groups is 2. The lowest BCUT2D eigenvalue weighted by molar-refractivity contribution is 0.354. The zero-order chi connectivity index (χ0) is 13.7. The fourth-order valence-electron chi connectivity index (χ4n) is 3.12. The van der Waals surface area contributed by atoms with E-state index < -0.39 is 0 Å². The first-order valence-electron chi connectivity index (χ1n) is 6.75. The van der Waals surface area contributed by atoms with Crippen molar-refractivity contribution in [2.75, 3.05) is 0 Å². The fourth-order valence-corrected chi connectivity index (χ4v) is 4.60. The minimum Gasteiger partial charge on any atom is -0.504 e. The predicted molar refractivity (Wildman–Crippen MR) is 77.7 cm³/mol. The molecule has 20 heavy (non-hydrogen) atoms. The molecule has 2 heterocycles. The first-order chi connectivity index (χ1) is 9.72. The van der Waals surface area contributed by atoms with Crippen molar-refractivity contribution in [2.24, 2.45) is 4.99 Å². The molecule has 4 rings (SSSR count). The van der Waals surface area contributed by atoms with Gasteiger partial charge >= 0.3 is 0 Å². The van der Waals surface area contributed by atoms with Crippen molar-refractivity contribution in [1.82, 2.24) is 16.4 Å². The van der Waals surface area contributed by atoms with E-state index >= 15 is 0 Å². The molecule has 1 aromatic rings. The van der Waals surface area contributed by atoms with E-state index in [4.69, 9.17) is 4.99 Å². The van der Waals surface area contributed by atoms with Crippen LogP contribution >= 0.6 is 11.8 Å². The van der Waals surface area contributed by atoms with Crippen LogP contribution in [0.3, 0.4) is 0 Å². The topological polar surface area (TPSA) is 88.9 Å². The fraction of sp³-hybridized carbons (Fsp3) is 0.462. The number of hydrogen-bond donors (Lipinski definition) is 5. The van der Waals surface area contributed by atoms with Crippen molar-refractivity contribution in [3.05, 3.63) is 23.8 Å². The number of hydrogen-bond acceptors (Lipinski definition) is 7. The molecule has 1 saturated heterocycles. The molecule has 7 heteroatoms. The summed E-state index contributed by atoms with van der Waals surface area (Å²) in [6.45, 7) is 0. The van der Waals surface area contributed by atoms with Crippen LogP contribution in [0.25, 0.3) is 0 Å². The highest BCUT2D eigenvalue weighted by molar-refractivity contribution is 8.15. The van der Waals surface area contributed by atoms with Crippen LogP contribution in [-0.4, -0.2) is 38.6 Å². The monoisotopic (exact) mass is 292 g/mol. The molecule has 4 atom stereocenters. The molecule has 0 spiro atoms. The van der Waals surface area contributed by atoms with E-state index in [1.807, 2.05) is 0 Å². The Hall–Kier alpha value is -1.28. The molecule has 5 N–H and O–H groups in total. The lowest BCUT2D eigenvalue weighted by Gasteiger charge is -2.32. The second kappa shape index (κ2) is 4.63. The molecule has 3 aliphatic rings. The van der Waals surface area contributed by atoms with E-state index in [9.17, 15) is 10.2 Å². The molecule has 0 bridgehead atoms. The molecule has 1 aromatic carbocycles. The number of aliphatic imine (C=N–C) groups is 1. The molecular weight excluding hydrogens is 276 g/mol. The van der Waals surface area contributed by atoms with Crippen LogP contribution in [0, 0.1) is 0 Å². The van der Waals surface area contributed by atoms with Gasteiger partial charge in [-0.25, -0.2) is 10.9 Å². The number of nitrogens with zero attached hydrogens (tertiary/aromatic N) is 1. The van der Waals surface area contributed by atoms with Crippen molar-refractivity contribution in [1.29, 1.82) is 0 Å². The van der Waals surface area contributed by atoms with Crippen molar-refractivity contribution in [3.8, 4) is 11.5 Å². The summed E-state index contributed by atoms with van der Waals surface area (Å²) >= 11 is 1.75. The van der Waals surface area contributed by atoms with Gasteiger partial charge in [0.05, 0.1) is 22.4 Å². The molecule has 106 valence electrons. The largest absolute Gasteiger partial charge is 0.504 e. The van der Waals surface area contributed by atoms with Gasteiger partial charge in [-0.1, -0.05) is 11.8 Å². The summed E-state index contributed by atoms with van der Waals surface area (Å²) in [4.78, 5) is 4.80. The lowest BCUT2D eigenvalue weighted by atomic mass is 9.87. The minimum atomic E-state index is -0.0966. The lowest BCUT2D eigenvalue weighted by Crippen LogP contribution is -2.50. The first-order valence-corrected chi connectivity index (χ1v) is 7.63. The van der Waals surface area contributed by atoms with Gasteiger partial charge in [0.1, 0.15) is 0 Å². The Bertz CT molecular complexity index is 579. The number of nitrogens with one attached hydrogen (secondary N) is 3. The van der Waals surface area contributed by atoms with Gasteiger partial charge in [0.15, 0.2) is 11.5 Å². The summed E-state index contributed by atoms with van der Waals surface area (Å²) in [6.07, 6.45) is 2.17. The number of fused-ring (bicyclic) bond motifs is 3. The molecule has 2 fully saturated rings. The van der Waals surface area contributed by atoms with Crippen molar-refractivity contribution in [3.63, 3.8) is 0 Å². The predicted octanol–water partition coefficient (Wildman–Crippen LogP) is 0.472. The smallest absolute Gasteiger partial charge is 0.158 e. The molecule has 0 aromatic heterocycles. The van der Waals surface area contributed by atoms with Crippen molar-refractivity contribution in [2.45, 2.75) is 36.2 Å². The summed E-state index contributed by atoms with van der Waals surface area (Å²) in [5, 5.41) is 20.4. The van der Waals surface area contributed by atoms with Gasteiger partial charge in [0.25, 0.3) is 0 Å². The van der Waals surface area contributed by atoms with Gasteiger partial charge in [0, 0.05) is 11.6 Å². The van der Waals surface area contributed by atoms with Gasteiger partial charge in [-0.2, -0.15) is 5.53 Å². The quantitative estimate of drug-likeness (QED) is 0.484. The van der Waals surface area contributed by atoms with Gasteiger partial charge in [-0.15, -0.1) is 0 Å². The molecule has 4 unspecified atom stereocenters. The average molecular weight is 292 g/mol. The number of hydrazine groups is 2. The number of benzene rings is 1. The maximum absolute atomic E-state index is 9.62. The van der Waals surface area contributed by atoms with E-state index in [0.29, 0.717) is 23.4 Å². The number of rotatable bonds is 1. The number of phenolic OH excluding ortho intramolecular Hbond substituents is 2. The summed E-state index contributed by atoms with van der Waals surface area (Å²) in [5.41, 5.74) is 10.4. The maximum Gasteiger partial charge on any atom is 0.158 e. The highest BCUT2D eigenvalue weighted by Gasteiger charge is 2.46. The number of phenols is 2. The Balaban J connectivity index is 1.60. The number of thioether (sulfide) groups is 1. The van der Waals surface area contributed by atoms with Gasteiger partial charge in [-0.3, -0.25) is 4.99 Å². The third-order valence-electron chi connectivity index (χ3n) is 4.19. The summed E-state index contributed by atoms with van der Waals surface area (Å²) in [6, 6.07) is 6.02. The van der Waals surface area contributed by atoms with E-state index in [0.717, 1.165) is 23.4 Å². The summed E-state index contributed by atoms with van der Waals surface area (Å²) < 4.78 is 0. The van der Waals surface area contributed by atoms with Crippen molar-refractivity contribution >= 4 is 16.8 Å². The Labute approximate surface area is 120 Å². The zero-order valence-electron chi connectivity index (χ0n) is 10.7. The van der Waals surface area contributed by atoms with Crippen molar-refractivity contribution < 1.29 is 10.2 Å². The average Bonchev–Trinajstić information content (AvgIpc) is 3.06. The SMILES string of the molecule is Oc1ccc(C2=NC3CCC4NNNC4C3S2)cc1O. The Morgan fingerprint density at radius 3 is 2.90 bits per heavy atom. The van der Waals surface area contributed by atoms with E-state index in [1.165, 1.54) is 6.07 Å². The van der Waals surface area contributed by atoms with Gasteiger partial charge in [0.2, 0.25) is 0 Å². The second-order valence-electron chi connectivity index (χ2n) is 5.41. The molecule has 0 radical (unpaired) electrons. The van der Waals surface area contributed by atoms with E-state index in [-0.39, 0.29) is 11.5 Å². The van der Waals surface area contributed by atoms with Crippen LogP contribution in [-0.2, 0) is 0 Å². The van der Waals surface area contributed by atoms with E-state index in [2.05, 4.69) is 16.4 Å². The molecular formula is C13H16N4O2S. The zero-order valence-corrected chi connectivity index (χ0v) is 11.5. The van der Waals surface area contributed by atoms with E-state index in [1.54, 1.807) is 23.9 Å². The third-order valence-corrected chi connectivity index (χ3v) is 5.63. The summed E-state index contributed by atoms with van der Waals surface area (Å²) in [7, 11) is 0. The first kappa shape index (κ1) is 12.5. The Kier molecular flexibility index (Phi) is 2.88. The normalized spacial score (nSPS) is 35.5. The van der Waals surface area contributed by atoms with Crippen LogP contribution in [0.1, 0.15) is 18.4 Å². The minimum absolute atomic E-state index is 0.0964. The van der Waals surface area contributed by atoms with Crippen LogP contribution < -0.4 is 16.4 Å². The highest BCUT2D eigenvalue weighted by Crippen LogP contribution is 2.40. The third kappa shape index (κ3) is 1.89. The standard InChI is InChI=1S/C13H16N4O2S/c18-9-4-1-6(5-10(9)19)13-14-8-3-2-7-11(12(8)20-13)16-17-15-7/h1,4-5,7-8,11-12,15-19H,2-3H2. The highest BCUT2D eigenvalue weighted by atomic mass is 32.2. The van der Waals surface area contributed by atoms with Crippen LogP contribution in [0.15, 0.2) is 23.2 Å².